The molecule has 0 unspecified atom stereocenters. The van der Waals surface area contributed by atoms with E-state index < -0.39 is 0 Å². The summed E-state index contributed by atoms with van der Waals surface area (Å²) in [6.45, 7) is 6.40. The Morgan fingerprint density at radius 1 is 0.885 bits per heavy atom. The summed E-state index contributed by atoms with van der Waals surface area (Å²) >= 11 is 0. The number of nitrogens with zero attached hydrogens (tertiary/aromatic N) is 3. The molecule has 2 heterocycles. The van der Waals surface area contributed by atoms with Crippen LogP contribution >= 0.6 is 0 Å². The number of carbonyl (C=O) groups is 2. The monoisotopic (exact) mass is 355 g/mol. The van der Waals surface area contributed by atoms with Crippen LogP contribution in [0.3, 0.4) is 0 Å². The number of rotatable bonds is 2. The van der Waals surface area contributed by atoms with E-state index >= 15 is 0 Å². The van der Waals surface area contributed by atoms with Crippen molar-refractivity contribution in [1.29, 1.82) is 0 Å². The molecule has 1 aliphatic carbocycles. The first kappa shape index (κ1) is 17.5. The summed E-state index contributed by atoms with van der Waals surface area (Å²) in [5.41, 5.74) is 3.56. The third-order valence-corrected chi connectivity index (χ3v) is 6.39. The molecular formula is C21H29N3O2. The normalized spacial score (nSPS) is 21.7. The molecule has 4 rings (SSSR count). The van der Waals surface area contributed by atoms with Crippen LogP contribution in [0, 0.1) is 0 Å². The Balaban J connectivity index is 1.42. The first-order valence-corrected chi connectivity index (χ1v) is 10.0. The molecule has 2 fully saturated rings. The second-order valence-corrected chi connectivity index (χ2v) is 7.90. The van der Waals surface area contributed by atoms with Gasteiger partial charge in [-0.3, -0.25) is 14.5 Å². The molecule has 1 saturated heterocycles. The van der Waals surface area contributed by atoms with Gasteiger partial charge in [-0.2, -0.15) is 0 Å². The van der Waals surface area contributed by atoms with Crippen molar-refractivity contribution in [3.63, 3.8) is 0 Å². The smallest absolute Gasteiger partial charge is 0.253 e. The third kappa shape index (κ3) is 3.50. The summed E-state index contributed by atoms with van der Waals surface area (Å²) in [7, 11) is 0. The summed E-state index contributed by atoms with van der Waals surface area (Å²) in [6.07, 6.45) is 6.23. The van der Waals surface area contributed by atoms with Crippen LogP contribution in [0.2, 0.25) is 0 Å². The summed E-state index contributed by atoms with van der Waals surface area (Å²) in [5, 5.41) is 0. The minimum absolute atomic E-state index is 0.0955. The topological polar surface area (TPSA) is 43.9 Å². The summed E-state index contributed by atoms with van der Waals surface area (Å²) in [6, 6.07) is 7.08. The van der Waals surface area contributed by atoms with Crippen molar-refractivity contribution in [1.82, 2.24) is 14.7 Å². The van der Waals surface area contributed by atoms with Gasteiger partial charge in [-0.1, -0.05) is 12.5 Å². The van der Waals surface area contributed by atoms with Gasteiger partial charge >= 0.3 is 0 Å². The lowest BCUT2D eigenvalue weighted by Gasteiger charge is -2.36. The Kier molecular flexibility index (Phi) is 4.98. The van der Waals surface area contributed by atoms with Crippen LogP contribution in [0.25, 0.3) is 0 Å². The minimum atomic E-state index is 0.0955. The lowest BCUT2D eigenvalue weighted by Crippen LogP contribution is -2.50. The highest BCUT2D eigenvalue weighted by Crippen LogP contribution is 2.27. The minimum Gasteiger partial charge on any atom is -0.339 e. The fourth-order valence-corrected chi connectivity index (χ4v) is 4.40. The SMILES string of the molecule is CC(=O)N1CCN(C(=O)c2ccc3c(c2)CCN(C2CCC2)CC3)CC1. The average Bonchev–Trinajstić information content (AvgIpc) is 2.82. The van der Waals surface area contributed by atoms with E-state index in [4.69, 9.17) is 0 Å². The third-order valence-electron chi connectivity index (χ3n) is 6.39. The van der Waals surface area contributed by atoms with Gasteiger partial charge < -0.3 is 9.80 Å². The van der Waals surface area contributed by atoms with E-state index in [0.717, 1.165) is 37.5 Å². The van der Waals surface area contributed by atoms with Crippen LogP contribution in [0.15, 0.2) is 18.2 Å². The van der Waals surface area contributed by atoms with Gasteiger partial charge in [0.1, 0.15) is 0 Å². The molecule has 2 amide bonds. The second kappa shape index (κ2) is 7.39. The van der Waals surface area contributed by atoms with Gasteiger partial charge in [0, 0.05) is 57.8 Å². The van der Waals surface area contributed by atoms with Crippen LogP contribution in [-0.2, 0) is 17.6 Å². The molecule has 2 aliphatic heterocycles. The largest absolute Gasteiger partial charge is 0.339 e. The van der Waals surface area contributed by atoms with E-state index in [-0.39, 0.29) is 11.8 Å². The first-order chi connectivity index (χ1) is 12.6. The van der Waals surface area contributed by atoms with Crippen LogP contribution in [0.4, 0.5) is 0 Å². The quantitative estimate of drug-likeness (QED) is 0.814. The van der Waals surface area contributed by atoms with Gasteiger partial charge in [-0.05, 0) is 48.9 Å². The van der Waals surface area contributed by atoms with E-state index in [1.54, 1.807) is 6.92 Å². The van der Waals surface area contributed by atoms with E-state index in [2.05, 4.69) is 17.0 Å². The summed E-state index contributed by atoms with van der Waals surface area (Å²) < 4.78 is 0. The molecule has 5 nitrogen and oxygen atoms in total. The van der Waals surface area contributed by atoms with E-state index in [0.29, 0.717) is 26.2 Å². The molecule has 0 bridgehead atoms. The summed E-state index contributed by atoms with van der Waals surface area (Å²) in [5.74, 6) is 0.203. The molecule has 0 atom stereocenters. The number of carbonyl (C=O) groups excluding carboxylic acids is 2. The molecule has 1 saturated carbocycles. The zero-order chi connectivity index (χ0) is 18.1. The molecule has 140 valence electrons. The summed E-state index contributed by atoms with van der Waals surface area (Å²) in [4.78, 5) is 30.7. The van der Waals surface area contributed by atoms with Gasteiger partial charge in [-0.25, -0.2) is 0 Å². The highest BCUT2D eigenvalue weighted by atomic mass is 16.2. The van der Waals surface area contributed by atoms with Crippen LogP contribution in [-0.4, -0.2) is 71.8 Å². The van der Waals surface area contributed by atoms with Crippen molar-refractivity contribution < 1.29 is 9.59 Å². The van der Waals surface area contributed by atoms with E-state index in [1.165, 1.54) is 30.4 Å². The number of hydrogen-bond acceptors (Lipinski definition) is 3. The van der Waals surface area contributed by atoms with Crippen LogP contribution < -0.4 is 0 Å². The fraction of sp³-hybridized carbons (Fsp3) is 0.619. The van der Waals surface area contributed by atoms with Crippen LogP contribution in [0.1, 0.15) is 47.7 Å². The van der Waals surface area contributed by atoms with Gasteiger partial charge in [0.05, 0.1) is 0 Å². The van der Waals surface area contributed by atoms with Crippen molar-refractivity contribution >= 4 is 11.8 Å². The lowest BCUT2D eigenvalue weighted by molar-refractivity contribution is -0.130. The predicted molar refractivity (Wildman–Crippen MR) is 101 cm³/mol. The number of amides is 2. The fourth-order valence-electron chi connectivity index (χ4n) is 4.40. The molecular weight excluding hydrogens is 326 g/mol. The van der Waals surface area contributed by atoms with Gasteiger partial charge in [0.25, 0.3) is 5.91 Å². The molecule has 0 aromatic heterocycles. The number of benzene rings is 1. The number of hydrogen-bond donors (Lipinski definition) is 0. The Bertz CT molecular complexity index is 690. The molecule has 0 radical (unpaired) electrons. The first-order valence-electron chi connectivity index (χ1n) is 10.0. The van der Waals surface area contributed by atoms with Crippen molar-refractivity contribution in [2.24, 2.45) is 0 Å². The van der Waals surface area contributed by atoms with Crippen LogP contribution in [0.5, 0.6) is 0 Å². The zero-order valence-corrected chi connectivity index (χ0v) is 15.7. The molecule has 0 N–H and O–H groups in total. The lowest BCUT2D eigenvalue weighted by atomic mass is 9.91. The Hall–Kier alpha value is -1.88. The van der Waals surface area contributed by atoms with Crippen molar-refractivity contribution in [2.45, 2.75) is 45.1 Å². The standard InChI is InChI=1S/C21H29N3O2/c1-16(25)22-11-13-24(14-12-22)21(26)19-6-5-17-7-9-23(20-3-2-4-20)10-8-18(17)15-19/h5-6,15,20H,2-4,7-14H2,1H3. The average molecular weight is 355 g/mol. The van der Waals surface area contributed by atoms with Gasteiger partial charge in [-0.15, -0.1) is 0 Å². The highest BCUT2D eigenvalue weighted by Gasteiger charge is 2.27. The second-order valence-electron chi connectivity index (χ2n) is 7.90. The van der Waals surface area contributed by atoms with Crippen molar-refractivity contribution in [2.75, 3.05) is 39.3 Å². The molecule has 0 spiro atoms. The molecule has 3 aliphatic rings. The number of piperazine rings is 1. The van der Waals surface area contributed by atoms with Crippen molar-refractivity contribution in [3.05, 3.63) is 34.9 Å². The maximum Gasteiger partial charge on any atom is 0.253 e. The Labute approximate surface area is 155 Å². The number of fused-ring (bicyclic) bond motifs is 1. The predicted octanol–water partition coefficient (Wildman–Crippen LogP) is 1.94. The Morgan fingerprint density at radius 3 is 2.15 bits per heavy atom. The molecule has 26 heavy (non-hydrogen) atoms. The van der Waals surface area contributed by atoms with Gasteiger partial charge in [0.2, 0.25) is 5.91 Å². The molecule has 5 heteroatoms. The van der Waals surface area contributed by atoms with E-state index in [9.17, 15) is 9.59 Å². The molecule has 1 aromatic rings. The zero-order valence-electron chi connectivity index (χ0n) is 15.7. The van der Waals surface area contributed by atoms with Gasteiger partial charge in [0.15, 0.2) is 0 Å². The Morgan fingerprint density at radius 2 is 1.54 bits per heavy atom. The van der Waals surface area contributed by atoms with Crippen molar-refractivity contribution in [3.8, 4) is 0 Å². The van der Waals surface area contributed by atoms with E-state index in [1.807, 2.05) is 15.9 Å². The maximum absolute atomic E-state index is 12.9. The highest BCUT2D eigenvalue weighted by molar-refractivity contribution is 5.94. The maximum atomic E-state index is 12.9. The molecule has 1 aromatic carbocycles.